The van der Waals surface area contributed by atoms with Gasteiger partial charge in [0, 0.05) is 66.0 Å². The molecule has 5 N–H and O–H groups in total. The molecule has 14 nitrogen and oxygen atoms in total. The van der Waals surface area contributed by atoms with Crippen molar-refractivity contribution in [2.24, 2.45) is 0 Å². The highest BCUT2D eigenvalue weighted by Crippen LogP contribution is 2.14. The lowest BCUT2D eigenvalue weighted by atomic mass is 10.2. The minimum atomic E-state index is -0.166. The number of nitrogens with zero attached hydrogens (tertiary/aromatic N) is 2. The second-order valence-electron chi connectivity index (χ2n) is 9.42. The standard InChI is InChI=1S/C8H15NO.C6H9NO.C4H7NO.C4H6O2.C4H10O2.C4H6O2.2C2H2.2CH2O.3CH4.H2/c1-3-7(2)9-6-4-5-8(9)10;1-2-7-5-3-4-6(7)8;6-4-2-1-3-5-4;5-4-2-1-3-6-4;2*5-3-1-2-4-6;4*1-2;;;;/h7H,3-6H2,1-2H3;2H,1,3-5H2;1-3H2,(H,5,6);1-3H2;5-6H,1-4H2;5-6H,3-4H2;2*1-2H;2*1H2;3*1H4;1H. The Morgan fingerprint density at radius 1 is 0.792 bits per heavy atom. The number of hydrogen-bond donors (Lipinski definition) is 5. The molecule has 312 valence electrons. The Hall–Kier alpha value is -4.52. The summed E-state index contributed by atoms with van der Waals surface area (Å²) in [5.41, 5.74) is 0. The molecule has 53 heavy (non-hydrogen) atoms. The molecule has 4 heterocycles. The van der Waals surface area contributed by atoms with Crippen LogP contribution >= 0.6 is 0 Å². The number of aliphatic hydroxyl groups excluding tert-OH is 4. The Bertz CT molecular complexity index is 883. The highest BCUT2D eigenvalue weighted by molar-refractivity contribution is 5.79. The highest BCUT2D eigenvalue weighted by atomic mass is 16.5. The number of carbonyl (C=O) groups excluding carboxylic acids is 6. The van der Waals surface area contributed by atoms with Gasteiger partial charge in [-0.2, -0.15) is 0 Å². The predicted octanol–water partition coefficient (Wildman–Crippen LogP) is 3.39. The van der Waals surface area contributed by atoms with E-state index in [2.05, 4.69) is 68.0 Å². The molecule has 0 aromatic heterocycles. The number of ether oxygens (including phenoxy) is 1. The summed E-state index contributed by atoms with van der Waals surface area (Å²) >= 11 is 0. The second kappa shape index (κ2) is 62.6. The van der Waals surface area contributed by atoms with Crippen molar-refractivity contribution in [2.75, 3.05) is 52.7 Å². The van der Waals surface area contributed by atoms with Gasteiger partial charge in [-0.05, 0) is 58.1 Å². The molecule has 0 aromatic carbocycles. The van der Waals surface area contributed by atoms with Gasteiger partial charge in [0.05, 0.1) is 6.61 Å². The summed E-state index contributed by atoms with van der Waals surface area (Å²) in [4.78, 5) is 61.6. The molecule has 1 unspecified atom stereocenters. The molecule has 14 heteroatoms. The lowest BCUT2D eigenvalue weighted by molar-refractivity contribution is -0.138. The van der Waals surface area contributed by atoms with Crippen LogP contribution in [0.3, 0.4) is 0 Å². The molecular weight excluding hydrogens is 686 g/mol. The van der Waals surface area contributed by atoms with Crippen molar-refractivity contribution < 1.29 is 55.4 Å². The summed E-state index contributed by atoms with van der Waals surface area (Å²) in [5, 5.41) is 34.7. The largest absolute Gasteiger partial charge is 0.466 e. The molecule has 0 bridgehead atoms. The Morgan fingerprint density at radius 3 is 1.45 bits per heavy atom. The molecule has 4 saturated heterocycles. The van der Waals surface area contributed by atoms with Crippen molar-refractivity contribution in [2.45, 2.75) is 113 Å². The van der Waals surface area contributed by atoms with E-state index in [1.807, 2.05) is 18.5 Å². The van der Waals surface area contributed by atoms with Crippen LogP contribution in [0.5, 0.6) is 0 Å². The van der Waals surface area contributed by atoms with Crippen LogP contribution in [0.15, 0.2) is 12.8 Å². The quantitative estimate of drug-likeness (QED) is 0.150. The van der Waals surface area contributed by atoms with Gasteiger partial charge in [0.2, 0.25) is 17.7 Å². The van der Waals surface area contributed by atoms with Crippen molar-refractivity contribution in [1.29, 1.82) is 0 Å². The van der Waals surface area contributed by atoms with Gasteiger partial charge in [0.25, 0.3) is 0 Å². The number of amides is 3. The Balaban J connectivity index is -0.0000000515. The van der Waals surface area contributed by atoms with Gasteiger partial charge in [0.1, 0.15) is 26.8 Å². The van der Waals surface area contributed by atoms with E-state index in [1.54, 1.807) is 11.1 Å². The van der Waals surface area contributed by atoms with Crippen molar-refractivity contribution in [3.05, 3.63) is 12.8 Å². The third kappa shape index (κ3) is 51.9. The minimum Gasteiger partial charge on any atom is -0.466 e. The summed E-state index contributed by atoms with van der Waals surface area (Å²) in [5.74, 6) is 5.21. The average Bonchev–Trinajstić information content (AvgIpc) is 4.02. The number of likely N-dealkylation sites (tertiary alicyclic amines) is 2. The summed E-state index contributed by atoms with van der Waals surface area (Å²) in [7, 11) is 0. The van der Waals surface area contributed by atoms with Crippen LogP contribution in [0.25, 0.3) is 0 Å². The van der Waals surface area contributed by atoms with Gasteiger partial charge >= 0.3 is 5.97 Å². The van der Waals surface area contributed by atoms with Crippen molar-refractivity contribution >= 4 is 37.3 Å². The number of cyclic esters (lactones) is 1. The fourth-order valence-corrected chi connectivity index (χ4v) is 3.59. The summed E-state index contributed by atoms with van der Waals surface area (Å²) in [6, 6.07) is 0.454. The van der Waals surface area contributed by atoms with E-state index in [4.69, 9.17) is 30.0 Å². The van der Waals surface area contributed by atoms with Gasteiger partial charge in [-0.1, -0.05) is 47.6 Å². The maximum Gasteiger partial charge on any atom is 0.305 e. The topological polar surface area (TPSA) is 211 Å². The van der Waals surface area contributed by atoms with Crippen LogP contribution in [0.4, 0.5) is 0 Å². The Kier molecular flexibility index (Phi) is 82.8. The van der Waals surface area contributed by atoms with Crippen molar-refractivity contribution in [3.63, 3.8) is 0 Å². The second-order valence-corrected chi connectivity index (χ2v) is 9.42. The van der Waals surface area contributed by atoms with Crippen molar-refractivity contribution in [3.8, 4) is 37.5 Å². The Labute approximate surface area is 323 Å². The summed E-state index contributed by atoms with van der Waals surface area (Å²) in [6.07, 6.45) is 26.9. The predicted molar refractivity (Wildman–Crippen MR) is 216 cm³/mol. The van der Waals surface area contributed by atoms with Crippen LogP contribution in [0.1, 0.15) is 108 Å². The molecule has 4 fully saturated rings. The normalized spacial score (nSPS) is 13.8. The molecule has 3 amide bonds. The van der Waals surface area contributed by atoms with Crippen molar-refractivity contribution in [1.82, 2.24) is 15.1 Å². The van der Waals surface area contributed by atoms with Gasteiger partial charge in [-0.25, -0.2) is 0 Å². The first kappa shape index (κ1) is 70.1. The number of unbranched alkanes of at least 4 members (excludes halogenated alkanes) is 1. The number of nitrogens with one attached hydrogen (secondary N) is 1. The number of rotatable bonds is 6. The number of aliphatic hydroxyl groups is 4. The molecule has 4 aliphatic heterocycles. The zero-order valence-corrected chi connectivity index (χ0v) is 30.1. The van der Waals surface area contributed by atoms with E-state index < -0.39 is 0 Å². The molecule has 0 aliphatic carbocycles. The minimum absolute atomic E-state index is 0. The molecule has 4 rings (SSSR count). The SMILES string of the molecule is C.C.C.C#C.C#C.C=CN1CCCC1=O.C=O.C=O.CCC(C)N1CCCC1=O.O=C1CCCN1.O=C1CCCO1.OCC#CCO.OCCCCO.[HH]. The van der Waals surface area contributed by atoms with Gasteiger partial charge in [0.15, 0.2) is 0 Å². The Morgan fingerprint density at radius 2 is 1.26 bits per heavy atom. The molecule has 0 saturated carbocycles. The molecule has 1 atom stereocenters. The first-order valence-electron chi connectivity index (χ1n) is 16.0. The lowest BCUT2D eigenvalue weighted by Gasteiger charge is -2.22. The molecule has 0 aromatic rings. The molecular formula is C39H75N3O11. The van der Waals surface area contributed by atoms with E-state index >= 15 is 0 Å². The maximum absolute atomic E-state index is 11.1. The average molecular weight is 762 g/mol. The highest BCUT2D eigenvalue weighted by Gasteiger charge is 2.23. The van der Waals surface area contributed by atoms with Crippen LogP contribution in [0, 0.1) is 37.5 Å². The third-order valence-electron chi connectivity index (χ3n) is 6.10. The zero-order chi connectivity index (χ0) is 40.0. The monoisotopic (exact) mass is 762 g/mol. The number of carbonyl (C=O) groups is 6. The maximum atomic E-state index is 11.1. The van der Waals surface area contributed by atoms with Crippen LogP contribution < -0.4 is 5.32 Å². The van der Waals surface area contributed by atoms with Crippen LogP contribution in [-0.2, 0) is 33.5 Å². The fourth-order valence-electron chi connectivity index (χ4n) is 3.59. The van der Waals surface area contributed by atoms with Gasteiger partial charge in [-0.3, -0.25) is 19.2 Å². The molecule has 0 radical (unpaired) electrons. The van der Waals surface area contributed by atoms with Gasteiger partial charge < -0.3 is 49.9 Å². The van der Waals surface area contributed by atoms with E-state index in [0.717, 1.165) is 77.4 Å². The van der Waals surface area contributed by atoms with Crippen LogP contribution in [-0.4, -0.2) is 126 Å². The number of hydrogen-bond acceptors (Lipinski definition) is 11. The number of terminal acetylenes is 2. The van der Waals surface area contributed by atoms with Crippen LogP contribution in [0.2, 0.25) is 0 Å². The fraction of sp³-hybridized carbons (Fsp3) is 0.641. The lowest BCUT2D eigenvalue weighted by Crippen LogP contribution is -2.33. The first-order valence-corrected chi connectivity index (χ1v) is 16.0. The van der Waals surface area contributed by atoms with E-state index in [9.17, 15) is 19.2 Å². The van der Waals surface area contributed by atoms with E-state index in [0.29, 0.717) is 31.4 Å². The van der Waals surface area contributed by atoms with E-state index in [-0.39, 0.29) is 67.9 Å². The third-order valence-corrected chi connectivity index (χ3v) is 6.10. The smallest absolute Gasteiger partial charge is 0.305 e. The summed E-state index contributed by atoms with van der Waals surface area (Å²) in [6.45, 7) is 15.2. The number of esters is 1. The summed E-state index contributed by atoms with van der Waals surface area (Å²) < 4.78 is 4.51. The zero-order valence-electron chi connectivity index (χ0n) is 30.1. The molecule has 0 spiro atoms. The first-order chi connectivity index (χ1) is 24.2. The van der Waals surface area contributed by atoms with Gasteiger partial charge in [-0.15, -0.1) is 25.7 Å². The van der Waals surface area contributed by atoms with E-state index in [1.165, 1.54) is 0 Å². The molecule has 4 aliphatic rings.